The minimum absolute atomic E-state index is 0.187. The summed E-state index contributed by atoms with van der Waals surface area (Å²) in [7, 11) is 0. The number of thiophene rings is 1. The Morgan fingerprint density at radius 3 is 2.61 bits per heavy atom. The Balaban J connectivity index is 2.18. The van der Waals surface area contributed by atoms with E-state index in [4.69, 9.17) is 23.2 Å². The van der Waals surface area contributed by atoms with Gasteiger partial charge in [0.1, 0.15) is 10.2 Å². The van der Waals surface area contributed by atoms with Crippen molar-refractivity contribution in [3.63, 3.8) is 0 Å². The lowest BCUT2D eigenvalue weighted by atomic mass is 10.1. The summed E-state index contributed by atoms with van der Waals surface area (Å²) in [5, 5.41) is 10.4. The first-order valence-electron chi connectivity index (χ1n) is 5.04. The van der Waals surface area contributed by atoms with Gasteiger partial charge in [0.25, 0.3) is 0 Å². The number of hydrogen-bond donors (Lipinski definition) is 1. The molecule has 0 bridgehead atoms. The molecule has 0 fully saturated rings. The van der Waals surface area contributed by atoms with Crippen molar-refractivity contribution < 1.29 is 9.50 Å². The van der Waals surface area contributed by atoms with Crippen LogP contribution < -0.4 is 0 Å². The molecule has 1 aromatic carbocycles. The average Bonchev–Trinajstić information content (AvgIpc) is 2.63. The monoisotopic (exact) mass is 368 g/mol. The number of rotatable bonds is 3. The molecule has 0 amide bonds. The Morgan fingerprint density at radius 2 is 2.06 bits per heavy atom. The summed E-state index contributed by atoms with van der Waals surface area (Å²) in [6.45, 7) is 0. The molecular weight excluding hydrogens is 362 g/mol. The van der Waals surface area contributed by atoms with Gasteiger partial charge in [-0.05, 0) is 39.7 Å². The second kappa shape index (κ2) is 5.88. The summed E-state index contributed by atoms with van der Waals surface area (Å²) in [4.78, 5) is 0.696. The minimum atomic E-state index is -0.783. The Hall–Kier alpha value is -0.130. The van der Waals surface area contributed by atoms with E-state index in [2.05, 4.69) is 15.9 Å². The van der Waals surface area contributed by atoms with E-state index in [1.165, 1.54) is 17.4 Å². The molecular formula is C12H8BrCl2FOS. The van der Waals surface area contributed by atoms with Crippen molar-refractivity contribution in [1.29, 1.82) is 0 Å². The lowest BCUT2D eigenvalue weighted by Gasteiger charge is -2.09. The lowest BCUT2D eigenvalue weighted by molar-refractivity contribution is 0.181. The van der Waals surface area contributed by atoms with E-state index < -0.39 is 11.9 Å². The number of aliphatic hydroxyl groups is 1. The van der Waals surface area contributed by atoms with E-state index in [1.807, 2.05) is 0 Å². The molecule has 18 heavy (non-hydrogen) atoms. The van der Waals surface area contributed by atoms with Crippen LogP contribution in [0.2, 0.25) is 9.36 Å². The zero-order valence-electron chi connectivity index (χ0n) is 8.96. The number of halogens is 4. The van der Waals surface area contributed by atoms with Crippen LogP contribution in [0, 0.1) is 5.82 Å². The van der Waals surface area contributed by atoms with Crippen LogP contribution >= 0.6 is 50.5 Å². The Kier molecular flexibility index (Phi) is 4.67. The van der Waals surface area contributed by atoms with Gasteiger partial charge < -0.3 is 5.11 Å². The van der Waals surface area contributed by atoms with Crippen molar-refractivity contribution in [2.24, 2.45) is 0 Å². The molecule has 2 aromatic rings. The van der Waals surface area contributed by atoms with E-state index >= 15 is 0 Å². The molecule has 1 heterocycles. The Morgan fingerprint density at radius 1 is 1.33 bits per heavy atom. The molecule has 0 aliphatic rings. The van der Waals surface area contributed by atoms with E-state index in [-0.39, 0.29) is 6.42 Å². The highest BCUT2D eigenvalue weighted by atomic mass is 79.9. The molecule has 1 N–H and O–H groups in total. The molecule has 1 atom stereocenters. The van der Waals surface area contributed by atoms with Crippen molar-refractivity contribution in [2.45, 2.75) is 12.5 Å². The van der Waals surface area contributed by atoms with Gasteiger partial charge in [0.2, 0.25) is 0 Å². The smallest absolute Gasteiger partial charge is 0.127 e. The van der Waals surface area contributed by atoms with Crippen molar-refractivity contribution in [2.75, 3.05) is 0 Å². The van der Waals surface area contributed by atoms with Crippen molar-refractivity contribution >= 4 is 50.5 Å². The Bertz CT molecular complexity index is 554. The van der Waals surface area contributed by atoms with Crippen LogP contribution in [-0.2, 0) is 6.42 Å². The third kappa shape index (κ3) is 3.25. The summed E-state index contributed by atoms with van der Waals surface area (Å²) < 4.78 is 14.9. The summed E-state index contributed by atoms with van der Waals surface area (Å²) in [5.41, 5.74) is 0.424. The minimum Gasteiger partial charge on any atom is -0.387 e. The van der Waals surface area contributed by atoms with E-state index in [0.717, 1.165) is 4.47 Å². The second-order valence-corrected chi connectivity index (χ2v) is 6.70. The summed E-state index contributed by atoms with van der Waals surface area (Å²) in [6.07, 6.45) is -0.596. The van der Waals surface area contributed by atoms with Crippen molar-refractivity contribution in [3.05, 3.63) is 54.4 Å². The van der Waals surface area contributed by atoms with Crippen LogP contribution in [0.4, 0.5) is 4.39 Å². The molecule has 0 saturated carbocycles. The van der Waals surface area contributed by atoms with Gasteiger partial charge in [-0.25, -0.2) is 4.39 Å². The maximum atomic E-state index is 13.6. The van der Waals surface area contributed by atoms with Gasteiger partial charge in [-0.3, -0.25) is 0 Å². The second-order valence-electron chi connectivity index (χ2n) is 3.73. The van der Waals surface area contributed by atoms with Crippen LogP contribution in [0.15, 0.2) is 28.7 Å². The molecule has 1 unspecified atom stereocenters. The van der Waals surface area contributed by atoms with Gasteiger partial charge in [-0.15, -0.1) is 11.3 Å². The normalized spacial score (nSPS) is 12.7. The standard InChI is InChI=1S/C12H8BrCl2FOS/c13-8-5-11(18-12(8)15)10(17)3-6-1-2-7(14)4-9(6)16/h1-2,4-5,10,17H,3H2. The van der Waals surface area contributed by atoms with Crippen LogP contribution in [0.25, 0.3) is 0 Å². The highest BCUT2D eigenvalue weighted by molar-refractivity contribution is 9.10. The number of aliphatic hydroxyl groups excluding tert-OH is 1. The zero-order chi connectivity index (χ0) is 13.3. The van der Waals surface area contributed by atoms with E-state index in [1.54, 1.807) is 18.2 Å². The molecule has 0 spiro atoms. The van der Waals surface area contributed by atoms with Crippen LogP contribution in [-0.4, -0.2) is 5.11 Å². The summed E-state index contributed by atoms with van der Waals surface area (Å²) >= 11 is 16.1. The van der Waals surface area contributed by atoms with Crippen molar-refractivity contribution in [3.8, 4) is 0 Å². The third-order valence-electron chi connectivity index (χ3n) is 2.42. The van der Waals surface area contributed by atoms with Crippen LogP contribution in [0.3, 0.4) is 0 Å². The highest BCUT2D eigenvalue weighted by Crippen LogP contribution is 2.36. The molecule has 6 heteroatoms. The first-order valence-corrected chi connectivity index (χ1v) is 7.40. The summed E-state index contributed by atoms with van der Waals surface area (Å²) in [5.74, 6) is -0.414. The molecule has 0 saturated heterocycles. The van der Waals surface area contributed by atoms with Gasteiger partial charge in [0.15, 0.2) is 0 Å². The molecule has 96 valence electrons. The third-order valence-corrected chi connectivity index (χ3v) is 5.23. The fraction of sp³-hybridized carbons (Fsp3) is 0.167. The molecule has 0 radical (unpaired) electrons. The van der Waals surface area contributed by atoms with E-state index in [0.29, 0.717) is 19.8 Å². The molecule has 1 aromatic heterocycles. The van der Waals surface area contributed by atoms with Crippen molar-refractivity contribution in [1.82, 2.24) is 0 Å². The number of hydrogen-bond acceptors (Lipinski definition) is 2. The predicted octanol–water partition coefficient (Wildman–Crippen LogP) is 5.23. The quantitative estimate of drug-likeness (QED) is 0.784. The fourth-order valence-electron chi connectivity index (χ4n) is 1.52. The van der Waals surface area contributed by atoms with E-state index in [9.17, 15) is 9.50 Å². The van der Waals surface area contributed by atoms with Gasteiger partial charge in [-0.1, -0.05) is 29.3 Å². The molecule has 1 nitrogen and oxygen atoms in total. The maximum Gasteiger partial charge on any atom is 0.127 e. The zero-order valence-corrected chi connectivity index (χ0v) is 12.9. The number of benzene rings is 1. The maximum absolute atomic E-state index is 13.6. The molecule has 0 aliphatic heterocycles. The lowest BCUT2D eigenvalue weighted by Crippen LogP contribution is -2.01. The molecule has 2 rings (SSSR count). The predicted molar refractivity (Wildman–Crippen MR) is 77.1 cm³/mol. The van der Waals surface area contributed by atoms with Gasteiger partial charge in [0, 0.05) is 20.8 Å². The molecule has 0 aliphatic carbocycles. The summed E-state index contributed by atoms with van der Waals surface area (Å²) in [6, 6.07) is 6.15. The van der Waals surface area contributed by atoms with Gasteiger partial charge >= 0.3 is 0 Å². The highest BCUT2D eigenvalue weighted by Gasteiger charge is 2.15. The Labute approximate surface area is 126 Å². The van der Waals surface area contributed by atoms with Gasteiger partial charge in [-0.2, -0.15) is 0 Å². The topological polar surface area (TPSA) is 20.2 Å². The first kappa shape index (κ1) is 14.3. The fourth-order valence-corrected chi connectivity index (χ4v) is 3.40. The SMILES string of the molecule is OC(Cc1ccc(Cl)cc1F)c1cc(Br)c(Cl)s1. The largest absolute Gasteiger partial charge is 0.387 e. The van der Waals surface area contributed by atoms with Crippen LogP contribution in [0.5, 0.6) is 0 Å². The average molecular weight is 370 g/mol. The first-order chi connectivity index (χ1) is 8.47. The van der Waals surface area contributed by atoms with Crippen LogP contribution in [0.1, 0.15) is 16.5 Å². The van der Waals surface area contributed by atoms with Gasteiger partial charge in [0.05, 0.1) is 6.10 Å².